The van der Waals surface area contributed by atoms with Crippen LogP contribution in [-0.2, 0) is 13.0 Å². The predicted octanol–water partition coefficient (Wildman–Crippen LogP) is 2.37. The van der Waals surface area contributed by atoms with Gasteiger partial charge in [-0.2, -0.15) is 5.10 Å². The normalized spacial score (nSPS) is 16.4. The van der Waals surface area contributed by atoms with Crippen LogP contribution < -0.4 is 11.1 Å². The second-order valence-corrected chi connectivity index (χ2v) is 6.89. The molecule has 0 bridgehead atoms. The Bertz CT molecular complexity index is 1010. The summed E-state index contributed by atoms with van der Waals surface area (Å²) in [6.07, 6.45) is 3.02. The number of rotatable bonds is 4. The van der Waals surface area contributed by atoms with Crippen LogP contribution in [0.4, 0.5) is 0 Å². The van der Waals surface area contributed by atoms with Crippen molar-refractivity contribution in [3.8, 4) is 0 Å². The van der Waals surface area contributed by atoms with Gasteiger partial charge in [-0.05, 0) is 43.0 Å². The smallest absolute Gasteiger partial charge is 0.287 e. The van der Waals surface area contributed by atoms with Crippen LogP contribution in [0.15, 0.2) is 34.9 Å². The predicted molar refractivity (Wildman–Crippen MR) is 96.1 cm³/mol. The molecule has 0 saturated heterocycles. The molecule has 1 atom stereocenters. The average molecular weight is 373 g/mol. The highest BCUT2D eigenvalue weighted by Crippen LogP contribution is 2.24. The summed E-state index contributed by atoms with van der Waals surface area (Å²) >= 11 is 5.95. The largest absolute Gasteiger partial charge is 0.451 e. The molecule has 134 valence electrons. The molecule has 0 spiro atoms. The van der Waals surface area contributed by atoms with Crippen molar-refractivity contribution in [3.63, 3.8) is 0 Å². The van der Waals surface area contributed by atoms with Gasteiger partial charge in [-0.15, -0.1) is 0 Å². The van der Waals surface area contributed by atoms with E-state index in [1.165, 1.54) is 6.20 Å². The molecule has 1 aliphatic heterocycles. The van der Waals surface area contributed by atoms with E-state index in [0.717, 1.165) is 17.5 Å². The van der Waals surface area contributed by atoms with Crippen molar-refractivity contribution in [2.24, 2.45) is 11.7 Å². The van der Waals surface area contributed by atoms with Crippen molar-refractivity contribution < 1.29 is 14.0 Å². The van der Waals surface area contributed by atoms with Gasteiger partial charge < -0.3 is 15.5 Å². The quantitative estimate of drug-likeness (QED) is 0.733. The highest BCUT2D eigenvalue weighted by atomic mass is 35.5. The van der Waals surface area contributed by atoms with Crippen LogP contribution in [0.25, 0.3) is 11.0 Å². The van der Waals surface area contributed by atoms with E-state index in [2.05, 4.69) is 10.4 Å². The zero-order valence-electron chi connectivity index (χ0n) is 13.9. The fourth-order valence-corrected chi connectivity index (χ4v) is 3.51. The lowest BCUT2D eigenvalue weighted by Crippen LogP contribution is -2.33. The molecule has 3 aromatic rings. The first-order chi connectivity index (χ1) is 12.5. The minimum absolute atomic E-state index is 0.208. The Balaban J connectivity index is 1.42. The maximum atomic E-state index is 12.4. The number of fused-ring (bicyclic) bond motifs is 2. The van der Waals surface area contributed by atoms with Gasteiger partial charge in [0.1, 0.15) is 5.58 Å². The van der Waals surface area contributed by atoms with E-state index < -0.39 is 5.91 Å². The lowest BCUT2D eigenvalue weighted by Gasteiger charge is -2.24. The van der Waals surface area contributed by atoms with Crippen LogP contribution in [0.1, 0.15) is 33.0 Å². The van der Waals surface area contributed by atoms with Gasteiger partial charge >= 0.3 is 0 Å². The minimum atomic E-state index is -0.475. The number of carbonyl (C=O) groups excluding carboxylic acids is 2. The number of benzene rings is 1. The summed E-state index contributed by atoms with van der Waals surface area (Å²) in [4.78, 5) is 23.9. The summed E-state index contributed by atoms with van der Waals surface area (Å²) in [6, 6.07) is 6.89. The van der Waals surface area contributed by atoms with Crippen molar-refractivity contribution in [2.75, 3.05) is 6.54 Å². The molecule has 2 aromatic heterocycles. The minimum Gasteiger partial charge on any atom is -0.451 e. The number of primary amides is 1. The number of hydrogen-bond acceptors (Lipinski definition) is 4. The van der Waals surface area contributed by atoms with E-state index >= 15 is 0 Å². The number of hydrogen-bond donors (Lipinski definition) is 2. The van der Waals surface area contributed by atoms with E-state index in [0.29, 0.717) is 35.7 Å². The first-order valence-corrected chi connectivity index (χ1v) is 8.71. The molecule has 1 aliphatic rings. The van der Waals surface area contributed by atoms with Gasteiger partial charge in [0.05, 0.1) is 17.5 Å². The summed E-state index contributed by atoms with van der Waals surface area (Å²) in [5.74, 6) is -0.288. The lowest BCUT2D eigenvalue weighted by molar-refractivity contribution is 0.0917. The molecule has 1 unspecified atom stereocenters. The first-order valence-electron chi connectivity index (χ1n) is 8.33. The molecular formula is C18H17ClN4O3. The van der Waals surface area contributed by atoms with Gasteiger partial charge in [-0.25, -0.2) is 0 Å². The molecule has 2 amide bonds. The van der Waals surface area contributed by atoms with Crippen molar-refractivity contribution in [3.05, 3.63) is 52.5 Å². The lowest BCUT2D eigenvalue weighted by atomic mass is 9.94. The van der Waals surface area contributed by atoms with Crippen LogP contribution in [0.3, 0.4) is 0 Å². The molecule has 0 radical (unpaired) electrons. The van der Waals surface area contributed by atoms with Crippen molar-refractivity contribution in [1.29, 1.82) is 0 Å². The Hall–Kier alpha value is -2.80. The topological polar surface area (TPSA) is 103 Å². The highest BCUT2D eigenvalue weighted by Gasteiger charge is 2.25. The maximum absolute atomic E-state index is 12.4. The van der Waals surface area contributed by atoms with Gasteiger partial charge in [0.2, 0.25) is 0 Å². The van der Waals surface area contributed by atoms with E-state index in [-0.39, 0.29) is 17.6 Å². The monoisotopic (exact) mass is 372 g/mol. The molecule has 0 aliphatic carbocycles. The molecule has 7 nitrogen and oxygen atoms in total. The highest BCUT2D eigenvalue weighted by molar-refractivity contribution is 6.31. The third-order valence-electron chi connectivity index (χ3n) is 4.70. The Morgan fingerprint density at radius 1 is 1.38 bits per heavy atom. The first kappa shape index (κ1) is 16.7. The van der Waals surface area contributed by atoms with Crippen molar-refractivity contribution in [1.82, 2.24) is 15.1 Å². The summed E-state index contributed by atoms with van der Waals surface area (Å²) in [5.41, 5.74) is 7.30. The number of furan rings is 1. The van der Waals surface area contributed by atoms with Crippen LogP contribution >= 0.6 is 11.6 Å². The molecule has 3 heterocycles. The second-order valence-electron chi connectivity index (χ2n) is 6.45. The van der Waals surface area contributed by atoms with E-state index in [1.54, 1.807) is 28.9 Å². The Kier molecular flexibility index (Phi) is 4.16. The summed E-state index contributed by atoms with van der Waals surface area (Å²) < 4.78 is 7.38. The van der Waals surface area contributed by atoms with Gasteiger partial charge in [0.25, 0.3) is 11.8 Å². The van der Waals surface area contributed by atoms with E-state index in [9.17, 15) is 9.59 Å². The number of nitrogens with zero attached hydrogens (tertiary/aromatic N) is 2. The third kappa shape index (κ3) is 3.06. The van der Waals surface area contributed by atoms with Crippen LogP contribution in [0.5, 0.6) is 0 Å². The SMILES string of the molecule is NC(=O)c1cnn2c1CC(CNC(=O)c1cc3cc(Cl)ccc3o1)CC2. The number of aryl methyl sites for hydroxylation is 1. The van der Waals surface area contributed by atoms with Gasteiger partial charge in [-0.3, -0.25) is 14.3 Å². The average Bonchev–Trinajstić information content (AvgIpc) is 3.22. The molecule has 8 heteroatoms. The van der Waals surface area contributed by atoms with Crippen LogP contribution in [0.2, 0.25) is 5.02 Å². The van der Waals surface area contributed by atoms with Crippen LogP contribution in [-0.4, -0.2) is 28.1 Å². The zero-order valence-corrected chi connectivity index (χ0v) is 14.6. The second kappa shape index (κ2) is 6.49. The number of amides is 2. The third-order valence-corrected chi connectivity index (χ3v) is 4.93. The van der Waals surface area contributed by atoms with Crippen LogP contribution in [0, 0.1) is 5.92 Å². The number of aromatic nitrogens is 2. The Labute approximate surface area is 154 Å². The molecular weight excluding hydrogens is 356 g/mol. The van der Waals surface area contributed by atoms with E-state index in [4.69, 9.17) is 21.8 Å². The standard InChI is InChI=1S/C18H17ClN4O3/c19-12-1-2-15-11(6-12)7-16(26-15)18(25)21-8-10-3-4-23-14(5-10)13(9-22-23)17(20)24/h1-2,6-7,9-10H,3-5,8H2,(H2,20,24)(H,21,25). The number of nitrogens with two attached hydrogens (primary N) is 1. The maximum Gasteiger partial charge on any atom is 0.287 e. The molecule has 0 saturated carbocycles. The van der Waals surface area contributed by atoms with Crippen molar-refractivity contribution >= 4 is 34.4 Å². The number of carbonyl (C=O) groups is 2. The molecule has 4 rings (SSSR count). The zero-order chi connectivity index (χ0) is 18.3. The number of halogens is 1. The fourth-order valence-electron chi connectivity index (χ4n) is 3.33. The van der Waals surface area contributed by atoms with Crippen molar-refractivity contribution in [2.45, 2.75) is 19.4 Å². The van der Waals surface area contributed by atoms with Gasteiger partial charge in [0, 0.05) is 23.5 Å². The Morgan fingerprint density at radius 2 is 2.23 bits per heavy atom. The molecule has 26 heavy (non-hydrogen) atoms. The number of nitrogens with one attached hydrogen (secondary N) is 1. The summed E-state index contributed by atoms with van der Waals surface area (Å²) in [6.45, 7) is 1.19. The summed E-state index contributed by atoms with van der Waals surface area (Å²) in [7, 11) is 0. The summed E-state index contributed by atoms with van der Waals surface area (Å²) in [5, 5.41) is 8.47. The molecule has 1 aromatic carbocycles. The van der Waals surface area contributed by atoms with Gasteiger partial charge in [0.15, 0.2) is 5.76 Å². The molecule has 0 fully saturated rings. The van der Waals surface area contributed by atoms with E-state index in [1.807, 2.05) is 0 Å². The molecule has 3 N–H and O–H groups in total. The fraction of sp³-hybridized carbons (Fsp3) is 0.278. The van der Waals surface area contributed by atoms with Gasteiger partial charge in [-0.1, -0.05) is 11.6 Å². The Morgan fingerprint density at radius 3 is 3.04 bits per heavy atom.